The summed E-state index contributed by atoms with van der Waals surface area (Å²) in [6, 6.07) is 12.1. The zero-order valence-electron chi connectivity index (χ0n) is 12.0. The molecule has 0 spiro atoms. The van der Waals surface area contributed by atoms with Crippen LogP contribution in [0.4, 0.5) is 0 Å². The van der Waals surface area contributed by atoms with E-state index in [0.29, 0.717) is 11.3 Å². The van der Waals surface area contributed by atoms with E-state index in [4.69, 9.17) is 4.42 Å². The van der Waals surface area contributed by atoms with Gasteiger partial charge in [0.25, 0.3) is 0 Å². The molecule has 0 amide bonds. The van der Waals surface area contributed by atoms with Gasteiger partial charge in [-0.3, -0.25) is 14.9 Å². The zero-order chi connectivity index (χ0) is 15.5. The van der Waals surface area contributed by atoms with Gasteiger partial charge in [0.2, 0.25) is 5.54 Å². The van der Waals surface area contributed by atoms with Crippen molar-refractivity contribution in [2.75, 3.05) is 0 Å². The Bertz CT molecular complexity index is 617. The zero-order valence-corrected chi connectivity index (χ0v) is 12.0. The summed E-state index contributed by atoms with van der Waals surface area (Å²) in [7, 11) is 0. The van der Waals surface area contributed by atoms with Crippen LogP contribution in [0.2, 0.25) is 0 Å². The summed E-state index contributed by atoms with van der Waals surface area (Å²) in [4.78, 5) is 23.3. The molecular formula is C16H17NO4. The highest BCUT2D eigenvalue weighted by Gasteiger charge is 2.44. The fourth-order valence-electron chi connectivity index (χ4n) is 2.24. The lowest BCUT2D eigenvalue weighted by Crippen LogP contribution is -2.39. The van der Waals surface area contributed by atoms with Crippen LogP contribution in [0.25, 0.3) is 0 Å². The van der Waals surface area contributed by atoms with E-state index < -0.39 is 11.5 Å². The Hall–Kier alpha value is -2.43. The van der Waals surface area contributed by atoms with Crippen LogP contribution >= 0.6 is 0 Å². The lowest BCUT2D eigenvalue weighted by atomic mass is 9.81. The molecule has 1 unspecified atom stereocenters. The molecular weight excluding hydrogens is 270 g/mol. The number of nitro groups is 1. The number of furan rings is 1. The third-order valence-electron chi connectivity index (χ3n) is 3.70. The quantitative estimate of drug-likeness (QED) is 0.461. The molecule has 0 aliphatic rings. The van der Waals surface area contributed by atoms with Crippen LogP contribution in [0.5, 0.6) is 0 Å². The van der Waals surface area contributed by atoms with Crippen molar-refractivity contribution in [1.29, 1.82) is 0 Å². The lowest BCUT2D eigenvalue weighted by molar-refractivity contribution is -0.565. The van der Waals surface area contributed by atoms with Crippen LogP contribution in [0.3, 0.4) is 0 Å². The number of nitrogens with zero attached hydrogens (tertiary/aromatic N) is 1. The average molecular weight is 287 g/mol. The highest BCUT2D eigenvalue weighted by Crippen LogP contribution is 2.35. The highest BCUT2D eigenvalue weighted by atomic mass is 16.6. The molecule has 2 rings (SSSR count). The summed E-state index contributed by atoms with van der Waals surface area (Å²) in [6.45, 7) is 3.02. The van der Waals surface area contributed by atoms with Gasteiger partial charge in [-0.05, 0) is 12.1 Å². The van der Waals surface area contributed by atoms with Gasteiger partial charge in [0.1, 0.15) is 5.76 Å². The Morgan fingerprint density at radius 1 is 1.24 bits per heavy atom. The predicted octanol–water partition coefficient (Wildman–Crippen LogP) is 3.69. The van der Waals surface area contributed by atoms with Crippen molar-refractivity contribution in [2.24, 2.45) is 0 Å². The number of ketones is 1. The smallest absolute Gasteiger partial charge is 0.227 e. The number of hydrogen-bond donors (Lipinski definition) is 0. The Labute approximate surface area is 122 Å². The van der Waals surface area contributed by atoms with Gasteiger partial charge in [-0.25, -0.2) is 0 Å². The monoisotopic (exact) mass is 287 g/mol. The summed E-state index contributed by atoms with van der Waals surface area (Å²) >= 11 is 0. The molecule has 1 aromatic carbocycles. The molecule has 0 saturated carbocycles. The van der Waals surface area contributed by atoms with Gasteiger partial charge in [-0.2, -0.15) is 0 Å². The van der Waals surface area contributed by atoms with Crippen LogP contribution in [0, 0.1) is 10.1 Å². The molecule has 110 valence electrons. The lowest BCUT2D eigenvalue weighted by Gasteiger charge is -2.24. The summed E-state index contributed by atoms with van der Waals surface area (Å²) < 4.78 is 5.31. The minimum atomic E-state index is -1.29. The minimum absolute atomic E-state index is 0.0332. The molecule has 1 atom stereocenters. The third-order valence-corrected chi connectivity index (χ3v) is 3.70. The first-order valence-corrected chi connectivity index (χ1v) is 6.69. The number of benzene rings is 1. The topological polar surface area (TPSA) is 73.3 Å². The van der Waals surface area contributed by atoms with Crippen LogP contribution in [0.1, 0.15) is 42.3 Å². The average Bonchev–Trinajstić information content (AvgIpc) is 2.98. The van der Waals surface area contributed by atoms with Crippen molar-refractivity contribution in [3.8, 4) is 0 Å². The number of carbonyl (C=O) groups excluding carboxylic acids is 1. The number of carbonyl (C=O) groups is 1. The SMILES string of the molecule is CC(C)(C(CC(=O)c1ccccc1)c1ccco1)[N+](=O)[O-]. The molecule has 0 aliphatic carbocycles. The fraction of sp³-hybridized carbons (Fsp3) is 0.312. The maximum absolute atomic E-state index is 12.4. The first-order chi connectivity index (χ1) is 9.93. The van der Waals surface area contributed by atoms with Gasteiger partial charge < -0.3 is 4.42 Å². The minimum Gasteiger partial charge on any atom is -0.469 e. The summed E-state index contributed by atoms with van der Waals surface area (Å²) in [5.41, 5.74) is -0.740. The summed E-state index contributed by atoms with van der Waals surface area (Å²) in [6.07, 6.45) is 1.50. The van der Waals surface area contributed by atoms with E-state index in [-0.39, 0.29) is 17.1 Å². The van der Waals surface area contributed by atoms with Crippen molar-refractivity contribution >= 4 is 5.78 Å². The molecule has 2 aromatic rings. The van der Waals surface area contributed by atoms with E-state index in [0.717, 1.165) is 0 Å². The Morgan fingerprint density at radius 2 is 1.90 bits per heavy atom. The van der Waals surface area contributed by atoms with Crippen LogP contribution in [0.15, 0.2) is 53.1 Å². The Kier molecular flexibility index (Phi) is 4.21. The summed E-state index contributed by atoms with van der Waals surface area (Å²) in [5.74, 6) is -0.289. The number of rotatable bonds is 6. The van der Waals surface area contributed by atoms with Crippen LogP contribution < -0.4 is 0 Å². The largest absolute Gasteiger partial charge is 0.469 e. The van der Waals surface area contributed by atoms with Crippen LogP contribution in [-0.4, -0.2) is 16.2 Å². The molecule has 21 heavy (non-hydrogen) atoms. The van der Waals surface area contributed by atoms with Gasteiger partial charge in [0.15, 0.2) is 5.78 Å². The molecule has 1 heterocycles. The van der Waals surface area contributed by atoms with Gasteiger partial charge in [0, 0.05) is 30.8 Å². The number of hydrogen-bond acceptors (Lipinski definition) is 4. The first kappa shape index (κ1) is 15.0. The van der Waals surface area contributed by atoms with E-state index in [9.17, 15) is 14.9 Å². The highest BCUT2D eigenvalue weighted by molar-refractivity contribution is 5.96. The normalized spacial score (nSPS) is 12.9. The molecule has 5 nitrogen and oxygen atoms in total. The Morgan fingerprint density at radius 3 is 2.43 bits per heavy atom. The van der Waals surface area contributed by atoms with Gasteiger partial charge in [0.05, 0.1) is 12.2 Å². The molecule has 0 aliphatic heterocycles. The number of Topliss-reactive ketones (excluding diaryl/α,β-unsaturated/α-hetero) is 1. The second kappa shape index (κ2) is 5.91. The van der Waals surface area contributed by atoms with Crippen molar-refractivity contribution < 1.29 is 14.1 Å². The van der Waals surface area contributed by atoms with Crippen molar-refractivity contribution in [3.63, 3.8) is 0 Å². The van der Waals surface area contributed by atoms with E-state index in [1.165, 1.54) is 20.1 Å². The van der Waals surface area contributed by atoms with Gasteiger partial charge in [-0.15, -0.1) is 0 Å². The van der Waals surface area contributed by atoms with Crippen molar-refractivity contribution in [3.05, 3.63) is 70.2 Å². The molecule has 0 N–H and O–H groups in total. The van der Waals surface area contributed by atoms with Crippen molar-refractivity contribution in [1.82, 2.24) is 0 Å². The summed E-state index contributed by atoms with van der Waals surface area (Å²) in [5, 5.41) is 11.3. The van der Waals surface area contributed by atoms with Crippen LogP contribution in [-0.2, 0) is 0 Å². The second-order valence-corrected chi connectivity index (χ2v) is 5.47. The van der Waals surface area contributed by atoms with Crippen molar-refractivity contribution in [2.45, 2.75) is 31.7 Å². The first-order valence-electron chi connectivity index (χ1n) is 6.69. The molecule has 0 bridgehead atoms. The van der Waals surface area contributed by atoms with E-state index in [1.807, 2.05) is 6.07 Å². The standard InChI is InChI=1S/C16H17NO4/c1-16(2,17(19)20)13(15-9-6-10-21-15)11-14(18)12-7-4-3-5-8-12/h3-10,13H,11H2,1-2H3. The Balaban J connectivity index is 2.30. The molecule has 5 heteroatoms. The maximum Gasteiger partial charge on any atom is 0.227 e. The fourth-order valence-corrected chi connectivity index (χ4v) is 2.24. The van der Waals surface area contributed by atoms with Gasteiger partial charge in [-0.1, -0.05) is 30.3 Å². The second-order valence-electron chi connectivity index (χ2n) is 5.47. The van der Waals surface area contributed by atoms with E-state index >= 15 is 0 Å². The predicted molar refractivity (Wildman–Crippen MR) is 77.9 cm³/mol. The third kappa shape index (κ3) is 3.18. The van der Waals surface area contributed by atoms with Gasteiger partial charge >= 0.3 is 0 Å². The molecule has 1 aromatic heterocycles. The van der Waals surface area contributed by atoms with E-state index in [2.05, 4.69) is 0 Å². The van der Waals surface area contributed by atoms with E-state index in [1.54, 1.807) is 36.4 Å². The molecule has 0 radical (unpaired) electrons. The molecule has 0 saturated heterocycles. The molecule has 0 fully saturated rings. The maximum atomic E-state index is 12.4.